The van der Waals surface area contributed by atoms with Crippen molar-refractivity contribution in [3.63, 3.8) is 0 Å². The third-order valence-corrected chi connectivity index (χ3v) is 6.87. The maximum absolute atomic E-state index is 10.7. The van der Waals surface area contributed by atoms with Gasteiger partial charge in [0, 0.05) is 11.8 Å². The summed E-state index contributed by atoms with van der Waals surface area (Å²) in [5.74, 6) is 0.906. The van der Waals surface area contributed by atoms with Crippen molar-refractivity contribution in [3.8, 4) is 5.75 Å². The first-order valence-electron chi connectivity index (χ1n) is 12.3. The summed E-state index contributed by atoms with van der Waals surface area (Å²) < 4.78 is 6.82. The van der Waals surface area contributed by atoms with Gasteiger partial charge in [0.25, 0.3) is 0 Å². The van der Waals surface area contributed by atoms with E-state index < -0.39 is 0 Å². The van der Waals surface area contributed by atoms with Gasteiger partial charge in [-0.15, -0.1) is 0 Å². The minimum Gasteiger partial charge on any atom is -0.488 e. The van der Waals surface area contributed by atoms with Crippen molar-refractivity contribution in [2.45, 2.75) is 70.6 Å². The summed E-state index contributed by atoms with van der Waals surface area (Å²) in [5.41, 5.74) is 2.64. The molecule has 1 saturated heterocycles. The average molecular weight is 432 g/mol. The summed E-state index contributed by atoms with van der Waals surface area (Å²) in [4.78, 5) is 2.59. The van der Waals surface area contributed by atoms with Gasteiger partial charge in [0.15, 0.2) is 0 Å². The lowest BCUT2D eigenvalue weighted by atomic mass is 9.92. The van der Waals surface area contributed by atoms with Gasteiger partial charge in [-0.1, -0.05) is 80.9 Å². The molecule has 170 valence electrons. The highest BCUT2D eigenvalue weighted by molar-refractivity contribution is 5.88. The number of fused-ring (bicyclic) bond motifs is 1. The number of aliphatic hydroxyl groups is 1. The quantitative estimate of drug-likeness (QED) is 0.418. The van der Waals surface area contributed by atoms with Gasteiger partial charge in [0.2, 0.25) is 0 Å². The van der Waals surface area contributed by atoms with Crippen molar-refractivity contribution in [2.24, 2.45) is 0 Å². The summed E-state index contributed by atoms with van der Waals surface area (Å²) in [6.07, 6.45) is 5.64. The number of hydrogen-bond donors (Lipinski definition) is 1. The molecule has 1 N–H and O–H groups in total. The molecule has 0 amide bonds. The highest BCUT2D eigenvalue weighted by Crippen LogP contribution is 2.35. The van der Waals surface area contributed by atoms with Crippen LogP contribution in [0.2, 0.25) is 0 Å². The number of hydrogen-bond acceptors (Lipinski definition) is 3. The fourth-order valence-electron chi connectivity index (χ4n) is 4.95. The molecular weight excluding hydrogens is 394 g/mol. The Kier molecular flexibility index (Phi) is 7.83. The van der Waals surface area contributed by atoms with Gasteiger partial charge in [-0.2, -0.15) is 0 Å². The second-order valence-electron chi connectivity index (χ2n) is 9.07. The number of ether oxygens (including phenoxy) is 1. The van der Waals surface area contributed by atoms with Gasteiger partial charge in [0.1, 0.15) is 11.9 Å². The van der Waals surface area contributed by atoms with E-state index in [1.165, 1.54) is 35.8 Å². The minimum absolute atomic E-state index is 0.124. The van der Waals surface area contributed by atoms with E-state index in [0.29, 0.717) is 6.42 Å². The summed E-state index contributed by atoms with van der Waals surface area (Å²) in [7, 11) is 0. The van der Waals surface area contributed by atoms with Crippen molar-refractivity contribution in [1.82, 2.24) is 4.90 Å². The lowest BCUT2D eigenvalue weighted by Gasteiger charge is -2.40. The first kappa shape index (κ1) is 22.8. The van der Waals surface area contributed by atoms with Crippen LogP contribution < -0.4 is 4.74 Å². The van der Waals surface area contributed by atoms with E-state index in [0.717, 1.165) is 37.1 Å². The fourth-order valence-corrected chi connectivity index (χ4v) is 4.95. The number of aryl methyl sites for hydroxylation is 1. The predicted molar refractivity (Wildman–Crippen MR) is 133 cm³/mol. The van der Waals surface area contributed by atoms with Gasteiger partial charge in [-0.05, 0) is 61.4 Å². The Morgan fingerprint density at radius 1 is 0.875 bits per heavy atom. The summed E-state index contributed by atoms with van der Waals surface area (Å²) >= 11 is 0. The molecule has 3 aromatic rings. The molecule has 3 unspecified atom stereocenters. The van der Waals surface area contributed by atoms with Crippen LogP contribution in [0.25, 0.3) is 10.8 Å². The number of likely N-dealkylation sites (tertiary alicyclic amines) is 1. The maximum atomic E-state index is 10.7. The van der Waals surface area contributed by atoms with Gasteiger partial charge in [-0.3, -0.25) is 4.90 Å². The zero-order valence-corrected chi connectivity index (χ0v) is 19.5. The van der Waals surface area contributed by atoms with Crippen molar-refractivity contribution in [1.29, 1.82) is 0 Å². The number of benzene rings is 3. The van der Waals surface area contributed by atoms with Crippen molar-refractivity contribution < 1.29 is 9.84 Å². The third kappa shape index (κ3) is 5.33. The molecule has 1 aliphatic rings. The highest BCUT2D eigenvalue weighted by Gasteiger charge is 2.33. The number of piperidine rings is 1. The van der Waals surface area contributed by atoms with Gasteiger partial charge >= 0.3 is 0 Å². The van der Waals surface area contributed by atoms with Crippen molar-refractivity contribution in [2.75, 3.05) is 13.1 Å². The van der Waals surface area contributed by atoms with Crippen LogP contribution in [-0.4, -0.2) is 35.3 Å². The minimum atomic E-state index is -0.378. The molecule has 0 aliphatic carbocycles. The molecule has 0 spiro atoms. The normalized spacial score (nSPS) is 17.7. The SMILES string of the molecule is CCc1ccc(C(C(CC(O)CC)Oc2cccc3ccccc23)N2CCCCC2)cc1. The molecule has 3 aromatic carbocycles. The van der Waals surface area contributed by atoms with Crippen LogP contribution in [0.15, 0.2) is 66.7 Å². The molecule has 1 aliphatic heterocycles. The Hall–Kier alpha value is -2.36. The lowest BCUT2D eigenvalue weighted by Crippen LogP contribution is -2.43. The molecule has 0 saturated carbocycles. The van der Waals surface area contributed by atoms with Crippen LogP contribution >= 0.6 is 0 Å². The first-order chi connectivity index (χ1) is 15.7. The Balaban J connectivity index is 1.73. The molecule has 0 radical (unpaired) electrons. The van der Waals surface area contributed by atoms with Crippen LogP contribution in [0.5, 0.6) is 5.75 Å². The van der Waals surface area contributed by atoms with Gasteiger partial charge < -0.3 is 9.84 Å². The van der Waals surface area contributed by atoms with Crippen LogP contribution in [0, 0.1) is 0 Å². The molecule has 3 atom stereocenters. The molecule has 32 heavy (non-hydrogen) atoms. The van der Waals surface area contributed by atoms with Crippen LogP contribution in [-0.2, 0) is 6.42 Å². The second kappa shape index (κ2) is 11.0. The van der Waals surface area contributed by atoms with Gasteiger partial charge in [0.05, 0.1) is 12.1 Å². The average Bonchev–Trinajstić information content (AvgIpc) is 2.85. The molecular formula is C29H37NO2. The molecule has 1 heterocycles. The molecule has 4 rings (SSSR count). The first-order valence-corrected chi connectivity index (χ1v) is 12.3. The maximum Gasteiger partial charge on any atom is 0.127 e. The van der Waals surface area contributed by atoms with E-state index in [1.54, 1.807) is 0 Å². The van der Waals surface area contributed by atoms with E-state index >= 15 is 0 Å². The van der Waals surface area contributed by atoms with Crippen LogP contribution in [0.4, 0.5) is 0 Å². The lowest BCUT2D eigenvalue weighted by molar-refractivity contribution is 0.0179. The number of aliphatic hydroxyl groups excluding tert-OH is 1. The van der Waals surface area contributed by atoms with Crippen LogP contribution in [0.1, 0.15) is 63.1 Å². The summed E-state index contributed by atoms with van der Waals surface area (Å²) in [5, 5.41) is 13.0. The number of rotatable bonds is 9. The second-order valence-corrected chi connectivity index (χ2v) is 9.07. The third-order valence-electron chi connectivity index (χ3n) is 6.87. The molecule has 0 aromatic heterocycles. The standard InChI is InChI=1S/C29H37NO2/c1-3-22-15-17-24(18-16-22)29(30-19-8-5-9-20-30)28(21-25(31)4-2)32-27-14-10-12-23-11-6-7-13-26(23)27/h6-7,10-18,25,28-29,31H,3-5,8-9,19-21H2,1-2H3. The Morgan fingerprint density at radius 3 is 2.31 bits per heavy atom. The fraction of sp³-hybridized carbons (Fsp3) is 0.448. The van der Waals surface area contributed by atoms with Crippen LogP contribution in [0.3, 0.4) is 0 Å². The molecule has 1 fully saturated rings. The number of nitrogens with zero attached hydrogens (tertiary/aromatic N) is 1. The Morgan fingerprint density at radius 2 is 1.59 bits per heavy atom. The van der Waals surface area contributed by atoms with Crippen molar-refractivity contribution in [3.05, 3.63) is 77.9 Å². The molecule has 3 nitrogen and oxygen atoms in total. The smallest absolute Gasteiger partial charge is 0.127 e. The monoisotopic (exact) mass is 431 g/mol. The van der Waals surface area contributed by atoms with E-state index in [9.17, 15) is 5.11 Å². The van der Waals surface area contributed by atoms with Crippen molar-refractivity contribution >= 4 is 10.8 Å². The van der Waals surface area contributed by atoms with E-state index in [-0.39, 0.29) is 18.2 Å². The van der Waals surface area contributed by atoms with Gasteiger partial charge in [-0.25, -0.2) is 0 Å². The summed E-state index contributed by atoms with van der Waals surface area (Å²) in [6, 6.07) is 23.8. The zero-order chi connectivity index (χ0) is 22.3. The van der Waals surface area contributed by atoms with E-state index in [1.807, 2.05) is 6.92 Å². The van der Waals surface area contributed by atoms with E-state index in [2.05, 4.69) is 78.6 Å². The summed E-state index contributed by atoms with van der Waals surface area (Å²) in [6.45, 7) is 6.41. The zero-order valence-electron chi connectivity index (χ0n) is 19.5. The topological polar surface area (TPSA) is 32.7 Å². The predicted octanol–water partition coefficient (Wildman–Crippen LogP) is 6.54. The molecule has 0 bridgehead atoms. The molecule has 3 heteroatoms. The Labute approximate surface area is 193 Å². The Bertz CT molecular complexity index is 973. The highest BCUT2D eigenvalue weighted by atomic mass is 16.5. The largest absolute Gasteiger partial charge is 0.488 e. The van der Waals surface area contributed by atoms with E-state index in [4.69, 9.17) is 4.74 Å².